The number of carbonyl (C=O) groups excluding carboxylic acids is 2. The van der Waals surface area contributed by atoms with Crippen LogP contribution in [0, 0.1) is 0 Å². The lowest BCUT2D eigenvalue weighted by Gasteiger charge is -2.34. The molecule has 0 bridgehead atoms. The van der Waals surface area contributed by atoms with Gasteiger partial charge in [-0.15, -0.1) is 0 Å². The molecule has 3 rings (SSSR count). The number of rotatable bonds is 5. The molecule has 7 heteroatoms. The van der Waals surface area contributed by atoms with Crippen molar-refractivity contribution in [2.75, 3.05) is 31.5 Å². The lowest BCUT2D eigenvalue weighted by atomic mass is 10.0. The van der Waals surface area contributed by atoms with Crippen LogP contribution in [0.3, 0.4) is 0 Å². The van der Waals surface area contributed by atoms with Crippen LogP contribution in [-0.2, 0) is 17.6 Å². The highest BCUT2D eigenvalue weighted by Crippen LogP contribution is 2.26. The van der Waals surface area contributed by atoms with Gasteiger partial charge in [0.25, 0.3) is 5.91 Å². The Labute approximate surface area is 165 Å². The highest BCUT2D eigenvalue weighted by Gasteiger charge is 2.24. The molecule has 1 aromatic carbocycles. The van der Waals surface area contributed by atoms with Gasteiger partial charge in [0.15, 0.2) is 0 Å². The summed E-state index contributed by atoms with van der Waals surface area (Å²) in [6, 6.07) is 7.97. The monoisotopic (exact) mass is 381 g/mol. The molecule has 1 saturated heterocycles. The van der Waals surface area contributed by atoms with Gasteiger partial charge in [0.2, 0.25) is 5.91 Å². The zero-order valence-electron chi connectivity index (χ0n) is 16.7. The standard InChI is InChI=1S/C21H27N5O2/c1-4-16-7-6-8-17(5-2)20(16)24-19-13-18(22-14-23-19)21(28)26-11-9-25(10-12-26)15(3)27/h6-8,13-14H,4-5,9-12H2,1-3H3,(H,22,23,24). The molecule has 1 aromatic heterocycles. The molecule has 28 heavy (non-hydrogen) atoms. The molecule has 2 aromatic rings. The maximum Gasteiger partial charge on any atom is 0.272 e. The number of nitrogens with one attached hydrogen (secondary N) is 1. The molecule has 148 valence electrons. The molecule has 0 radical (unpaired) electrons. The number of para-hydroxylation sites is 1. The van der Waals surface area contributed by atoms with Crippen molar-refractivity contribution in [3.63, 3.8) is 0 Å². The Morgan fingerprint density at radius 3 is 2.18 bits per heavy atom. The molecule has 1 aliphatic heterocycles. The maximum absolute atomic E-state index is 12.8. The molecule has 0 atom stereocenters. The van der Waals surface area contributed by atoms with Crippen LogP contribution in [-0.4, -0.2) is 57.8 Å². The Bertz CT molecular complexity index is 837. The Hall–Kier alpha value is -2.96. The molecule has 7 nitrogen and oxygen atoms in total. The van der Waals surface area contributed by atoms with Gasteiger partial charge in [0.05, 0.1) is 0 Å². The molecule has 1 fully saturated rings. The van der Waals surface area contributed by atoms with Gasteiger partial charge < -0.3 is 15.1 Å². The topological polar surface area (TPSA) is 78.4 Å². The predicted molar refractivity (Wildman–Crippen MR) is 109 cm³/mol. The van der Waals surface area contributed by atoms with Crippen molar-refractivity contribution in [1.82, 2.24) is 19.8 Å². The maximum atomic E-state index is 12.8. The lowest BCUT2D eigenvalue weighted by molar-refractivity contribution is -0.130. The number of nitrogens with zero attached hydrogens (tertiary/aromatic N) is 4. The van der Waals surface area contributed by atoms with Crippen molar-refractivity contribution in [1.29, 1.82) is 0 Å². The summed E-state index contributed by atoms with van der Waals surface area (Å²) in [6.07, 6.45) is 3.24. The van der Waals surface area contributed by atoms with E-state index < -0.39 is 0 Å². The molecular weight excluding hydrogens is 354 g/mol. The quantitative estimate of drug-likeness (QED) is 0.861. The van der Waals surface area contributed by atoms with E-state index in [0.717, 1.165) is 18.5 Å². The minimum absolute atomic E-state index is 0.0435. The van der Waals surface area contributed by atoms with Crippen LogP contribution in [0.4, 0.5) is 11.5 Å². The van der Waals surface area contributed by atoms with Crippen LogP contribution in [0.2, 0.25) is 0 Å². The van der Waals surface area contributed by atoms with E-state index in [1.807, 2.05) is 0 Å². The zero-order valence-corrected chi connectivity index (χ0v) is 16.7. The molecule has 0 saturated carbocycles. The molecule has 0 aliphatic carbocycles. The minimum atomic E-state index is -0.131. The van der Waals surface area contributed by atoms with Crippen LogP contribution in [0.5, 0.6) is 0 Å². The molecule has 0 spiro atoms. The van der Waals surface area contributed by atoms with Gasteiger partial charge in [-0.05, 0) is 24.0 Å². The van der Waals surface area contributed by atoms with Gasteiger partial charge in [-0.2, -0.15) is 0 Å². The summed E-state index contributed by atoms with van der Waals surface area (Å²) in [6.45, 7) is 7.94. The summed E-state index contributed by atoms with van der Waals surface area (Å²) in [4.78, 5) is 36.3. The van der Waals surface area contributed by atoms with Gasteiger partial charge >= 0.3 is 0 Å². The minimum Gasteiger partial charge on any atom is -0.340 e. The first kappa shape index (κ1) is 19.8. The summed E-state index contributed by atoms with van der Waals surface area (Å²) in [5.74, 6) is 0.520. The van der Waals surface area contributed by atoms with Gasteiger partial charge in [0, 0.05) is 44.9 Å². The fraction of sp³-hybridized carbons (Fsp3) is 0.429. The van der Waals surface area contributed by atoms with E-state index in [9.17, 15) is 9.59 Å². The average Bonchev–Trinajstić information content (AvgIpc) is 2.73. The van der Waals surface area contributed by atoms with Crippen LogP contribution >= 0.6 is 0 Å². The SMILES string of the molecule is CCc1cccc(CC)c1Nc1cc(C(=O)N2CCN(C(C)=O)CC2)ncn1. The molecular formula is C21H27N5O2. The molecule has 2 amide bonds. The number of carbonyl (C=O) groups is 2. The Kier molecular flexibility index (Phi) is 6.23. The third kappa shape index (κ3) is 4.30. The number of amides is 2. The third-order valence-electron chi connectivity index (χ3n) is 5.15. The Balaban J connectivity index is 1.76. The van der Waals surface area contributed by atoms with Gasteiger partial charge in [-0.1, -0.05) is 32.0 Å². The number of aromatic nitrogens is 2. The molecule has 0 unspecified atom stereocenters. The summed E-state index contributed by atoms with van der Waals surface area (Å²) in [7, 11) is 0. The molecule has 1 aliphatic rings. The highest BCUT2D eigenvalue weighted by molar-refractivity contribution is 5.93. The number of aryl methyl sites for hydroxylation is 2. The van der Waals surface area contributed by atoms with Crippen molar-refractivity contribution in [2.45, 2.75) is 33.6 Å². The summed E-state index contributed by atoms with van der Waals surface area (Å²) < 4.78 is 0. The van der Waals surface area contributed by atoms with Crippen LogP contribution in [0.25, 0.3) is 0 Å². The van der Waals surface area contributed by atoms with Crippen LogP contribution in [0.15, 0.2) is 30.6 Å². The first-order valence-corrected chi connectivity index (χ1v) is 9.78. The van der Waals surface area contributed by atoms with E-state index in [2.05, 4.69) is 47.3 Å². The second-order valence-electron chi connectivity index (χ2n) is 6.87. The van der Waals surface area contributed by atoms with E-state index in [-0.39, 0.29) is 11.8 Å². The van der Waals surface area contributed by atoms with E-state index in [1.165, 1.54) is 17.5 Å². The van der Waals surface area contributed by atoms with E-state index in [4.69, 9.17) is 0 Å². The third-order valence-corrected chi connectivity index (χ3v) is 5.15. The first-order valence-electron chi connectivity index (χ1n) is 9.78. The zero-order chi connectivity index (χ0) is 20.1. The fourth-order valence-corrected chi connectivity index (χ4v) is 3.46. The lowest BCUT2D eigenvalue weighted by Crippen LogP contribution is -2.50. The van der Waals surface area contributed by atoms with Crippen molar-refractivity contribution in [3.8, 4) is 0 Å². The Morgan fingerprint density at radius 2 is 1.61 bits per heavy atom. The van der Waals surface area contributed by atoms with Crippen molar-refractivity contribution >= 4 is 23.3 Å². The largest absolute Gasteiger partial charge is 0.340 e. The average molecular weight is 381 g/mol. The second-order valence-corrected chi connectivity index (χ2v) is 6.87. The van der Waals surface area contributed by atoms with E-state index >= 15 is 0 Å². The van der Waals surface area contributed by atoms with Crippen molar-refractivity contribution < 1.29 is 9.59 Å². The second kappa shape index (κ2) is 8.82. The number of hydrogen-bond acceptors (Lipinski definition) is 5. The van der Waals surface area contributed by atoms with E-state index in [0.29, 0.717) is 37.7 Å². The number of piperazine rings is 1. The highest BCUT2D eigenvalue weighted by atomic mass is 16.2. The fourth-order valence-electron chi connectivity index (χ4n) is 3.46. The van der Waals surface area contributed by atoms with Gasteiger partial charge in [-0.25, -0.2) is 9.97 Å². The van der Waals surface area contributed by atoms with Crippen LogP contribution < -0.4 is 5.32 Å². The smallest absolute Gasteiger partial charge is 0.272 e. The molecule has 2 heterocycles. The normalized spacial score (nSPS) is 14.1. The van der Waals surface area contributed by atoms with E-state index in [1.54, 1.807) is 22.8 Å². The summed E-state index contributed by atoms with van der Waals surface area (Å²) in [5, 5.41) is 3.39. The van der Waals surface area contributed by atoms with Crippen molar-refractivity contribution in [3.05, 3.63) is 47.4 Å². The van der Waals surface area contributed by atoms with Crippen molar-refractivity contribution in [2.24, 2.45) is 0 Å². The summed E-state index contributed by atoms with van der Waals surface area (Å²) in [5.41, 5.74) is 3.85. The van der Waals surface area contributed by atoms with Gasteiger partial charge in [0.1, 0.15) is 17.8 Å². The summed E-state index contributed by atoms with van der Waals surface area (Å²) >= 11 is 0. The molecule has 1 N–H and O–H groups in total. The first-order chi connectivity index (χ1) is 13.5. The van der Waals surface area contributed by atoms with Crippen LogP contribution in [0.1, 0.15) is 42.4 Å². The Morgan fingerprint density at radius 1 is 1.00 bits per heavy atom. The predicted octanol–water partition coefficient (Wildman–Crippen LogP) is 2.65. The number of hydrogen-bond donors (Lipinski definition) is 1. The number of anilines is 2. The van der Waals surface area contributed by atoms with Gasteiger partial charge in [-0.3, -0.25) is 9.59 Å². The number of benzene rings is 1.